The number of nitrogens with two attached hydrogens (primary N) is 2. The van der Waals surface area contributed by atoms with Gasteiger partial charge in [-0.05, 0) is 35.6 Å². The van der Waals surface area contributed by atoms with Crippen molar-refractivity contribution in [3.63, 3.8) is 0 Å². The molecule has 0 saturated heterocycles. The van der Waals surface area contributed by atoms with Gasteiger partial charge in [-0.1, -0.05) is 49.4 Å². The van der Waals surface area contributed by atoms with Crippen molar-refractivity contribution in [2.75, 3.05) is 11.1 Å². The van der Waals surface area contributed by atoms with Crippen LogP contribution in [0.15, 0.2) is 48.5 Å². The van der Waals surface area contributed by atoms with Gasteiger partial charge in [-0.3, -0.25) is 9.69 Å². The molecule has 1 amide bonds. The van der Waals surface area contributed by atoms with Crippen molar-refractivity contribution in [1.82, 2.24) is 19.9 Å². The predicted molar refractivity (Wildman–Crippen MR) is 116 cm³/mol. The van der Waals surface area contributed by atoms with Gasteiger partial charge < -0.3 is 16.8 Å². The number of anilines is 3. The summed E-state index contributed by atoms with van der Waals surface area (Å²) >= 11 is 0. The monoisotopic (exact) mass is 403 g/mol. The predicted octanol–water partition coefficient (Wildman–Crippen LogP) is 2.17. The van der Waals surface area contributed by atoms with Crippen molar-refractivity contribution in [2.45, 2.75) is 38.9 Å². The SMILES string of the molecule is CCc1ccccc1Nc1nc(N)nc(CN2Cc3ccccc3C[C@H]2C(N)=O)n1. The van der Waals surface area contributed by atoms with Crippen LogP contribution in [0.1, 0.15) is 29.4 Å². The normalized spacial score (nSPS) is 16.1. The van der Waals surface area contributed by atoms with Gasteiger partial charge in [0.1, 0.15) is 5.82 Å². The molecule has 3 aromatic rings. The van der Waals surface area contributed by atoms with E-state index in [0.717, 1.165) is 23.2 Å². The zero-order valence-electron chi connectivity index (χ0n) is 16.9. The second kappa shape index (κ2) is 8.46. The molecule has 1 aliphatic rings. The Bertz CT molecular complexity index is 1070. The molecule has 8 heteroatoms. The highest BCUT2D eigenvalue weighted by molar-refractivity contribution is 5.80. The van der Waals surface area contributed by atoms with Crippen LogP contribution >= 0.6 is 0 Å². The summed E-state index contributed by atoms with van der Waals surface area (Å²) < 4.78 is 0. The molecule has 0 spiro atoms. The number of rotatable bonds is 6. The molecule has 0 aliphatic carbocycles. The fraction of sp³-hybridized carbons (Fsp3) is 0.273. The van der Waals surface area contributed by atoms with Crippen LogP contribution in [-0.2, 0) is 30.7 Å². The summed E-state index contributed by atoms with van der Waals surface area (Å²) in [5, 5.41) is 3.24. The van der Waals surface area contributed by atoms with E-state index in [1.807, 2.05) is 41.3 Å². The third-order valence-corrected chi connectivity index (χ3v) is 5.36. The first-order valence-electron chi connectivity index (χ1n) is 9.99. The zero-order valence-corrected chi connectivity index (χ0v) is 16.9. The smallest absolute Gasteiger partial charge is 0.235 e. The number of nitrogens with zero attached hydrogens (tertiary/aromatic N) is 4. The highest BCUT2D eigenvalue weighted by atomic mass is 16.1. The number of amides is 1. The van der Waals surface area contributed by atoms with Crippen LogP contribution in [0.3, 0.4) is 0 Å². The molecule has 0 unspecified atom stereocenters. The molecule has 30 heavy (non-hydrogen) atoms. The van der Waals surface area contributed by atoms with Crippen LogP contribution < -0.4 is 16.8 Å². The Labute approximate surface area is 175 Å². The number of aryl methyl sites for hydroxylation is 1. The standard InChI is InChI=1S/C22H25N7O/c1-2-14-7-5-6-10-17(14)25-22-27-19(26-21(24)28-22)13-29-12-16-9-4-3-8-15(16)11-18(29)20(23)30/h3-10,18H,2,11-13H2,1H3,(H2,23,30)(H3,24,25,26,27,28)/t18-/m0/s1. The molecular formula is C22H25N7O. The average molecular weight is 403 g/mol. The summed E-state index contributed by atoms with van der Waals surface area (Å²) in [7, 11) is 0. The second-order valence-corrected chi connectivity index (χ2v) is 7.37. The van der Waals surface area contributed by atoms with E-state index in [9.17, 15) is 4.79 Å². The van der Waals surface area contributed by atoms with Gasteiger partial charge in [0.25, 0.3) is 0 Å². The summed E-state index contributed by atoms with van der Waals surface area (Å²) in [5.74, 6) is 0.641. The Morgan fingerprint density at radius 3 is 2.60 bits per heavy atom. The molecular weight excluding hydrogens is 378 g/mol. The van der Waals surface area contributed by atoms with Gasteiger partial charge in [0, 0.05) is 12.2 Å². The zero-order chi connectivity index (χ0) is 21.1. The van der Waals surface area contributed by atoms with E-state index in [0.29, 0.717) is 31.3 Å². The van der Waals surface area contributed by atoms with Crippen LogP contribution in [-0.4, -0.2) is 31.8 Å². The lowest BCUT2D eigenvalue weighted by atomic mass is 9.93. The number of benzene rings is 2. The van der Waals surface area contributed by atoms with Crippen LogP contribution in [0.2, 0.25) is 0 Å². The minimum absolute atomic E-state index is 0.129. The number of primary amides is 1. The number of fused-ring (bicyclic) bond motifs is 1. The van der Waals surface area contributed by atoms with E-state index in [4.69, 9.17) is 11.5 Å². The van der Waals surface area contributed by atoms with Crippen molar-refractivity contribution in [1.29, 1.82) is 0 Å². The first-order valence-corrected chi connectivity index (χ1v) is 9.99. The molecule has 4 rings (SSSR count). The first-order chi connectivity index (χ1) is 14.5. The maximum atomic E-state index is 12.1. The van der Waals surface area contributed by atoms with E-state index < -0.39 is 6.04 Å². The minimum Gasteiger partial charge on any atom is -0.368 e. The third kappa shape index (κ3) is 4.23. The van der Waals surface area contributed by atoms with Crippen LogP contribution in [0, 0.1) is 0 Å². The number of carbonyl (C=O) groups excluding carboxylic acids is 1. The van der Waals surface area contributed by atoms with Gasteiger partial charge in [-0.15, -0.1) is 0 Å². The molecule has 1 aromatic heterocycles. The number of nitrogens with one attached hydrogen (secondary N) is 1. The number of nitrogen functional groups attached to an aromatic ring is 1. The molecule has 0 bridgehead atoms. The maximum absolute atomic E-state index is 12.1. The summed E-state index contributed by atoms with van der Waals surface area (Å²) in [5.41, 5.74) is 16.0. The van der Waals surface area contributed by atoms with Gasteiger partial charge >= 0.3 is 0 Å². The van der Waals surface area contributed by atoms with Gasteiger partial charge in [-0.2, -0.15) is 15.0 Å². The van der Waals surface area contributed by atoms with Crippen LogP contribution in [0.4, 0.5) is 17.6 Å². The Morgan fingerprint density at radius 1 is 1.10 bits per heavy atom. The van der Waals surface area contributed by atoms with Crippen molar-refractivity contribution in [2.24, 2.45) is 5.73 Å². The third-order valence-electron chi connectivity index (χ3n) is 5.36. The highest BCUT2D eigenvalue weighted by Gasteiger charge is 2.30. The van der Waals surface area contributed by atoms with E-state index >= 15 is 0 Å². The summed E-state index contributed by atoms with van der Waals surface area (Å²) in [6.07, 6.45) is 1.45. The minimum atomic E-state index is -0.421. The number of aromatic nitrogens is 3. The fourth-order valence-corrected chi connectivity index (χ4v) is 3.84. The number of hydrogen-bond donors (Lipinski definition) is 3. The molecule has 1 atom stereocenters. The molecule has 2 aromatic carbocycles. The Morgan fingerprint density at radius 2 is 1.83 bits per heavy atom. The van der Waals surface area contributed by atoms with Gasteiger partial charge in [-0.25, -0.2) is 0 Å². The average Bonchev–Trinajstić information content (AvgIpc) is 2.73. The van der Waals surface area contributed by atoms with Gasteiger partial charge in [0.15, 0.2) is 0 Å². The lowest BCUT2D eigenvalue weighted by Gasteiger charge is -2.34. The molecule has 1 aliphatic heterocycles. The van der Waals surface area contributed by atoms with E-state index in [-0.39, 0.29) is 11.9 Å². The molecule has 0 fully saturated rings. The Balaban J connectivity index is 1.59. The summed E-state index contributed by atoms with van der Waals surface area (Å²) in [6, 6.07) is 15.6. The van der Waals surface area contributed by atoms with Crippen molar-refractivity contribution in [3.05, 3.63) is 71.0 Å². The number of para-hydroxylation sites is 1. The number of carbonyl (C=O) groups is 1. The molecule has 0 saturated carbocycles. The molecule has 5 N–H and O–H groups in total. The second-order valence-electron chi connectivity index (χ2n) is 7.37. The number of hydrogen-bond acceptors (Lipinski definition) is 7. The molecule has 8 nitrogen and oxygen atoms in total. The Kier molecular flexibility index (Phi) is 5.58. The molecule has 2 heterocycles. The van der Waals surface area contributed by atoms with E-state index in [1.54, 1.807) is 0 Å². The lowest BCUT2D eigenvalue weighted by Crippen LogP contribution is -2.48. The highest BCUT2D eigenvalue weighted by Crippen LogP contribution is 2.25. The van der Waals surface area contributed by atoms with E-state index in [2.05, 4.69) is 39.3 Å². The van der Waals surface area contributed by atoms with Crippen molar-refractivity contribution < 1.29 is 4.79 Å². The quantitative estimate of drug-likeness (QED) is 0.576. The van der Waals surface area contributed by atoms with E-state index in [1.165, 1.54) is 5.56 Å². The largest absolute Gasteiger partial charge is 0.368 e. The van der Waals surface area contributed by atoms with Crippen LogP contribution in [0.5, 0.6) is 0 Å². The molecule has 154 valence electrons. The van der Waals surface area contributed by atoms with Crippen molar-refractivity contribution in [3.8, 4) is 0 Å². The first kappa shape index (κ1) is 19.8. The molecule has 0 radical (unpaired) electrons. The summed E-state index contributed by atoms with van der Waals surface area (Å²) in [4.78, 5) is 27.1. The maximum Gasteiger partial charge on any atom is 0.235 e. The van der Waals surface area contributed by atoms with Crippen LogP contribution in [0.25, 0.3) is 0 Å². The topological polar surface area (TPSA) is 123 Å². The fourth-order valence-electron chi connectivity index (χ4n) is 3.84. The van der Waals surface area contributed by atoms with Gasteiger partial charge in [0.05, 0.1) is 12.6 Å². The Hall–Kier alpha value is -3.52. The lowest BCUT2D eigenvalue weighted by molar-refractivity contribution is -0.124. The summed E-state index contributed by atoms with van der Waals surface area (Å²) in [6.45, 7) is 3.03. The van der Waals surface area contributed by atoms with Gasteiger partial charge in [0.2, 0.25) is 17.8 Å². The van der Waals surface area contributed by atoms with Crippen molar-refractivity contribution >= 4 is 23.5 Å².